The third kappa shape index (κ3) is 7.13. The molecule has 158 valence electrons. The minimum Gasteiger partial charge on any atom is -0.478 e. The zero-order valence-corrected chi connectivity index (χ0v) is 18.4. The molecule has 4 heteroatoms. The average Bonchev–Trinajstić information content (AvgIpc) is 2.61. The number of Topliss-reactive ketones (excluding diaryl/α,β-unsaturated/α-hetero) is 1. The summed E-state index contributed by atoms with van der Waals surface area (Å²) in [4.78, 5) is 22.6. The maximum absolute atomic E-state index is 11.9. The van der Waals surface area contributed by atoms with Gasteiger partial charge in [0.25, 0.3) is 0 Å². The number of carbonyl (C=O) groups excluding carboxylic acids is 1. The summed E-state index contributed by atoms with van der Waals surface area (Å²) in [5.41, 5.74) is 0.776. The molecule has 0 aromatic carbocycles. The van der Waals surface area contributed by atoms with Gasteiger partial charge in [-0.25, -0.2) is 4.79 Å². The van der Waals surface area contributed by atoms with E-state index in [2.05, 4.69) is 0 Å². The summed E-state index contributed by atoms with van der Waals surface area (Å²) in [5, 5.41) is 20.0. The first-order chi connectivity index (χ1) is 13.4. The van der Waals surface area contributed by atoms with E-state index in [1.807, 2.05) is 77.2 Å². The maximum atomic E-state index is 11.9. The Morgan fingerprint density at radius 1 is 1.00 bits per heavy atom. The quantitative estimate of drug-likeness (QED) is 0.449. The monoisotopic (exact) mass is 398 g/mol. The average molecular weight is 399 g/mol. The van der Waals surface area contributed by atoms with Crippen molar-refractivity contribution in [2.24, 2.45) is 11.3 Å². The van der Waals surface area contributed by atoms with E-state index in [1.165, 1.54) is 0 Å². The Hall–Kier alpha value is -2.46. The molecule has 1 aliphatic rings. The molecule has 4 nitrogen and oxygen atoms in total. The van der Waals surface area contributed by atoms with Crippen LogP contribution in [0, 0.1) is 11.3 Å². The molecule has 0 aliphatic heterocycles. The standard InChI is InChI=1S/C25H34O4/c1-18(12-9-13-20(3)23(27)28)10-7-8-11-19(2)14-15-25(29)21(4)16-22(26)17-24(25,5)6/h7-15,21,29H,16-17H2,1-6H3,(H,27,28)/b8-7+,12-9+,15-14+,18-10+,19-11+,20-13+/t21-,25-/m0/s1. The fourth-order valence-corrected chi connectivity index (χ4v) is 3.46. The lowest BCUT2D eigenvalue weighted by atomic mass is 9.60. The molecule has 1 fully saturated rings. The summed E-state index contributed by atoms with van der Waals surface area (Å²) in [6.07, 6.45) is 17.4. The van der Waals surface area contributed by atoms with Crippen LogP contribution in [0.4, 0.5) is 0 Å². The van der Waals surface area contributed by atoms with Crippen LogP contribution in [0.15, 0.2) is 71.4 Å². The molecule has 0 bridgehead atoms. The van der Waals surface area contributed by atoms with Crippen LogP contribution in [0.5, 0.6) is 0 Å². The second-order valence-electron chi connectivity index (χ2n) is 8.58. The number of carboxylic acids is 1. The van der Waals surface area contributed by atoms with Crippen molar-refractivity contribution < 1.29 is 19.8 Å². The number of hydrogen-bond acceptors (Lipinski definition) is 3. The molecule has 0 radical (unpaired) electrons. The zero-order valence-electron chi connectivity index (χ0n) is 18.4. The summed E-state index contributed by atoms with van der Waals surface area (Å²) in [6.45, 7) is 11.3. The number of hydrogen-bond donors (Lipinski definition) is 2. The van der Waals surface area contributed by atoms with Crippen LogP contribution in [-0.2, 0) is 9.59 Å². The van der Waals surface area contributed by atoms with Gasteiger partial charge < -0.3 is 10.2 Å². The lowest BCUT2D eigenvalue weighted by molar-refractivity contribution is -0.142. The van der Waals surface area contributed by atoms with Crippen LogP contribution in [-0.4, -0.2) is 27.6 Å². The van der Waals surface area contributed by atoms with Crippen LogP contribution < -0.4 is 0 Å². The van der Waals surface area contributed by atoms with E-state index in [9.17, 15) is 14.7 Å². The van der Waals surface area contributed by atoms with Gasteiger partial charge in [-0.3, -0.25) is 4.79 Å². The summed E-state index contributed by atoms with van der Waals surface area (Å²) < 4.78 is 0. The third-order valence-electron chi connectivity index (χ3n) is 5.48. The molecule has 1 saturated carbocycles. The zero-order chi connectivity index (χ0) is 22.2. The highest BCUT2D eigenvalue weighted by Crippen LogP contribution is 2.46. The van der Waals surface area contributed by atoms with Crippen molar-refractivity contribution >= 4 is 11.8 Å². The normalized spacial score (nSPS) is 26.8. The number of aliphatic hydroxyl groups is 1. The van der Waals surface area contributed by atoms with Gasteiger partial charge in [0.2, 0.25) is 0 Å². The van der Waals surface area contributed by atoms with Crippen molar-refractivity contribution in [2.75, 3.05) is 0 Å². The topological polar surface area (TPSA) is 74.6 Å². The Balaban J connectivity index is 2.78. The summed E-state index contributed by atoms with van der Waals surface area (Å²) >= 11 is 0. The predicted octanol–water partition coefficient (Wildman–Crippen LogP) is 5.33. The number of rotatable bonds is 7. The molecule has 0 amide bonds. The van der Waals surface area contributed by atoms with E-state index < -0.39 is 17.0 Å². The molecule has 1 rings (SSSR count). The first-order valence-electron chi connectivity index (χ1n) is 9.92. The molecule has 0 unspecified atom stereocenters. The van der Waals surface area contributed by atoms with Crippen molar-refractivity contribution in [3.63, 3.8) is 0 Å². The van der Waals surface area contributed by atoms with Gasteiger partial charge >= 0.3 is 5.97 Å². The van der Waals surface area contributed by atoms with Crippen LogP contribution in [0.3, 0.4) is 0 Å². The van der Waals surface area contributed by atoms with Crippen LogP contribution >= 0.6 is 0 Å². The van der Waals surface area contributed by atoms with Gasteiger partial charge in [-0.2, -0.15) is 0 Å². The van der Waals surface area contributed by atoms with Crippen molar-refractivity contribution in [1.29, 1.82) is 0 Å². The smallest absolute Gasteiger partial charge is 0.331 e. The largest absolute Gasteiger partial charge is 0.478 e. The number of allylic oxidation sites excluding steroid dienone is 10. The molecule has 0 aromatic rings. The summed E-state index contributed by atoms with van der Waals surface area (Å²) in [6, 6.07) is 0. The van der Waals surface area contributed by atoms with Crippen LogP contribution in [0.2, 0.25) is 0 Å². The van der Waals surface area contributed by atoms with E-state index in [1.54, 1.807) is 19.1 Å². The third-order valence-corrected chi connectivity index (χ3v) is 5.48. The Morgan fingerprint density at radius 2 is 1.55 bits per heavy atom. The molecule has 1 aliphatic carbocycles. The fourth-order valence-electron chi connectivity index (χ4n) is 3.46. The highest BCUT2D eigenvalue weighted by molar-refractivity contribution is 5.86. The Bertz CT molecular complexity index is 803. The summed E-state index contributed by atoms with van der Waals surface area (Å²) in [7, 11) is 0. The van der Waals surface area contributed by atoms with Crippen molar-refractivity contribution in [3.8, 4) is 0 Å². The van der Waals surface area contributed by atoms with Gasteiger partial charge in [-0.15, -0.1) is 0 Å². The van der Waals surface area contributed by atoms with E-state index in [0.717, 1.165) is 11.1 Å². The molecule has 2 atom stereocenters. The van der Waals surface area contributed by atoms with E-state index in [0.29, 0.717) is 12.8 Å². The predicted molar refractivity (Wildman–Crippen MR) is 118 cm³/mol. The lowest BCUT2D eigenvalue weighted by Crippen LogP contribution is -2.53. The second-order valence-corrected chi connectivity index (χ2v) is 8.58. The van der Waals surface area contributed by atoms with Gasteiger partial charge in [-0.05, 0) is 26.7 Å². The first kappa shape index (κ1) is 24.6. The van der Waals surface area contributed by atoms with E-state index >= 15 is 0 Å². The minimum absolute atomic E-state index is 0.116. The minimum atomic E-state index is -1.01. The second kappa shape index (κ2) is 10.4. The van der Waals surface area contributed by atoms with Gasteiger partial charge in [0, 0.05) is 23.8 Å². The SMILES string of the molecule is CC(/C=C/C=C(\C)C(=O)O)=C\C=C\C=C(C)\C=C\[C@]1(O)[C@@H](C)CC(=O)CC1(C)C. The molecule has 0 saturated heterocycles. The van der Waals surface area contributed by atoms with Crippen LogP contribution in [0.25, 0.3) is 0 Å². The molecule has 29 heavy (non-hydrogen) atoms. The molecule has 0 heterocycles. The van der Waals surface area contributed by atoms with Gasteiger partial charge in [0.05, 0.1) is 5.60 Å². The van der Waals surface area contributed by atoms with Crippen molar-refractivity contribution in [2.45, 2.75) is 60.0 Å². The highest BCUT2D eigenvalue weighted by Gasteiger charge is 2.50. The highest BCUT2D eigenvalue weighted by atomic mass is 16.4. The Kier molecular flexibility index (Phi) is 8.78. The summed E-state index contributed by atoms with van der Waals surface area (Å²) in [5.74, 6) is -0.831. The lowest BCUT2D eigenvalue weighted by Gasteiger charge is -2.48. The number of carbonyl (C=O) groups is 2. The van der Waals surface area contributed by atoms with E-state index in [-0.39, 0.29) is 17.3 Å². The first-order valence-corrected chi connectivity index (χ1v) is 9.92. The van der Waals surface area contributed by atoms with Crippen molar-refractivity contribution in [1.82, 2.24) is 0 Å². The molecular formula is C25H34O4. The van der Waals surface area contributed by atoms with Gasteiger partial charge in [0.15, 0.2) is 0 Å². The Morgan fingerprint density at radius 3 is 2.07 bits per heavy atom. The molecule has 0 aromatic heterocycles. The molecule has 0 spiro atoms. The fraction of sp³-hybridized carbons (Fsp3) is 0.440. The van der Waals surface area contributed by atoms with Crippen LogP contribution in [0.1, 0.15) is 54.4 Å². The maximum Gasteiger partial charge on any atom is 0.331 e. The number of carboxylic acid groups (broad SMARTS) is 1. The number of ketones is 1. The van der Waals surface area contributed by atoms with Gasteiger partial charge in [-0.1, -0.05) is 86.6 Å². The molecule has 2 N–H and O–H groups in total. The van der Waals surface area contributed by atoms with Crippen molar-refractivity contribution in [3.05, 3.63) is 71.4 Å². The Labute approximate surface area is 174 Å². The number of aliphatic carboxylic acids is 1. The molecular weight excluding hydrogens is 364 g/mol. The van der Waals surface area contributed by atoms with E-state index in [4.69, 9.17) is 5.11 Å². The van der Waals surface area contributed by atoms with Gasteiger partial charge in [0.1, 0.15) is 5.78 Å².